The first-order chi connectivity index (χ1) is 10.8. The van der Waals surface area contributed by atoms with Gasteiger partial charge < -0.3 is 4.74 Å². The van der Waals surface area contributed by atoms with Crippen molar-refractivity contribution in [3.05, 3.63) is 53.6 Å². The van der Waals surface area contributed by atoms with E-state index in [4.69, 9.17) is 0 Å². The zero-order valence-electron chi connectivity index (χ0n) is 12.9. The predicted molar refractivity (Wildman–Crippen MR) is 82.5 cm³/mol. The van der Waals surface area contributed by atoms with Gasteiger partial charge in [0.2, 0.25) is 0 Å². The Morgan fingerprint density at radius 2 is 1.74 bits per heavy atom. The van der Waals surface area contributed by atoms with Gasteiger partial charge in [0.15, 0.2) is 0 Å². The number of alkyl halides is 3. The maximum Gasteiger partial charge on any atom is 0.573 e. The number of ether oxygens (including phenoxy) is 1. The van der Waals surface area contributed by atoms with Gasteiger partial charge in [-0.2, -0.15) is 0 Å². The van der Waals surface area contributed by atoms with Gasteiger partial charge in [-0.25, -0.2) is 0 Å². The van der Waals surface area contributed by atoms with Crippen molar-refractivity contribution in [3.8, 4) is 16.9 Å². The highest BCUT2D eigenvalue weighted by Gasteiger charge is 2.32. The second kappa shape index (κ2) is 6.86. The van der Waals surface area contributed by atoms with Crippen LogP contribution in [0.15, 0.2) is 42.5 Å². The number of benzene rings is 2. The SMILES string of the molecule is CC(C)Cc1ccc(-c2cc(C=O)ccc2OC(F)(F)F)cc1. The molecule has 0 radical (unpaired) electrons. The lowest BCUT2D eigenvalue weighted by atomic mass is 9.98. The summed E-state index contributed by atoms with van der Waals surface area (Å²) < 4.78 is 41.7. The summed E-state index contributed by atoms with van der Waals surface area (Å²) in [5.41, 5.74) is 2.21. The van der Waals surface area contributed by atoms with E-state index in [9.17, 15) is 18.0 Å². The molecule has 0 aliphatic rings. The van der Waals surface area contributed by atoms with Gasteiger partial charge in [-0.1, -0.05) is 38.1 Å². The van der Waals surface area contributed by atoms with E-state index >= 15 is 0 Å². The van der Waals surface area contributed by atoms with E-state index in [1.165, 1.54) is 12.1 Å². The van der Waals surface area contributed by atoms with Crippen LogP contribution in [0.3, 0.4) is 0 Å². The minimum absolute atomic E-state index is 0.239. The predicted octanol–water partition coefficient (Wildman–Crippen LogP) is 5.26. The van der Waals surface area contributed by atoms with Gasteiger partial charge in [-0.05, 0) is 41.7 Å². The third-order valence-corrected chi connectivity index (χ3v) is 3.27. The smallest absolute Gasteiger partial charge is 0.405 e. The van der Waals surface area contributed by atoms with Crippen molar-refractivity contribution in [2.75, 3.05) is 0 Å². The molecular formula is C18H17F3O2. The molecule has 5 heteroatoms. The van der Waals surface area contributed by atoms with Crippen molar-refractivity contribution in [3.63, 3.8) is 0 Å². The van der Waals surface area contributed by atoms with Gasteiger partial charge >= 0.3 is 6.36 Å². The fourth-order valence-corrected chi connectivity index (χ4v) is 2.35. The zero-order chi connectivity index (χ0) is 17.0. The van der Waals surface area contributed by atoms with Gasteiger partial charge in [-0.3, -0.25) is 4.79 Å². The van der Waals surface area contributed by atoms with Gasteiger partial charge in [0.1, 0.15) is 12.0 Å². The zero-order valence-corrected chi connectivity index (χ0v) is 12.9. The van der Waals surface area contributed by atoms with Gasteiger partial charge in [0.05, 0.1) is 0 Å². The van der Waals surface area contributed by atoms with E-state index in [1.54, 1.807) is 12.1 Å². The first-order valence-corrected chi connectivity index (χ1v) is 7.23. The largest absolute Gasteiger partial charge is 0.573 e. The summed E-state index contributed by atoms with van der Waals surface area (Å²) in [4.78, 5) is 10.9. The van der Waals surface area contributed by atoms with Crippen molar-refractivity contribution in [1.82, 2.24) is 0 Å². The van der Waals surface area contributed by atoms with Crippen LogP contribution in [-0.4, -0.2) is 12.6 Å². The second-order valence-corrected chi connectivity index (χ2v) is 5.72. The summed E-state index contributed by atoms with van der Waals surface area (Å²) >= 11 is 0. The van der Waals surface area contributed by atoms with Crippen molar-refractivity contribution < 1.29 is 22.7 Å². The number of halogens is 3. The normalized spacial score (nSPS) is 11.6. The molecule has 0 fully saturated rings. The van der Waals surface area contributed by atoms with Crippen LogP contribution in [0, 0.1) is 5.92 Å². The molecule has 0 aromatic heterocycles. The van der Waals surface area contributed by atoms with Crippen LogP contribution in [0.25, 0.3) is 11.1 Å². The Hall–Kier alpha value is -2.30. The van der Waals surface area contributed by atoms with E-state index in [1.807, 2.05) is 12.1 Å². The molecule has 2 aromatic carbocycles. The number of rotatable bonds is 5. The Kier molecular flexibility index (Phi) is 5.08. The fraction of sp³-hybridized carbons (Fsp3) is 0.278. The summed E-state index contributed by atoms with van der Waals surface area (Å²) in [5.74, 6) is 0.170. The molecule has 0 bridgehead atoms. The Balaban J connectivity index is 2.41. The number of hydrogen-bond acceptors (Lipinski definition) is 2. The molecule has 0 saturated carbocycles. The molecule has 0 aliphatic heterocycles. The van der Waals surface area contributed by atoms with Crippen LogP contribution in [0.4, 0.5) is 13.2 Å². The van der Waals surface area contributed by atoms with Gasteiger partial charge in [-0.15, -0.1) is 13.2 Å². The van der Waals surface area contributed by atoms with Crippen molar-refractivity contribution in [1.29, 1.82) is 0 Å². The average molecular weight is 322 g/mol. The average Bonchev–Trinajstić information content (AvgIpc) is 2.46. The molecule has 23 heavy (non-hydrogen) atoms. The summed E-state index contributed by atoms with van der Waals surface area (Å²) in [7, 11) is 0. The summed E-state index contributed by atoms with van der Waals surface area (Å²) in [6, 6.07) is 11.1. The quantitative estimate of drug-likeness (QED) is 0.702. The van der Waals surface area contributed by atoms with Gasteiger partial charge in [0, 0.05) is 11.1 Å². The molecule has 0 atom stereocenters. The van der Waals surface area contributed by atoms with Crippen molar-refractivity contribution in [2.45, 2.75) is 26.6 Å². The van der Waals surface area contributed by atoms with Gasteiger partial charge in [0.25, 0.3) is 0 Å². The second-order valence-electron chi connectivity index (χ2n) is 5.72. The Morgan fingerprint density at radius 1 is 1.09 bits per heavy atom. The summed E-state index contributed by atoms with van der Waals surface area (Å²) in [6.45, 7) is 4.19. The maximum atomic E-state index is 12.5. The van der Waals surface area contributed by atoms with Crippen LogP contribution >= 0.6 is 0 Å². The molecule has 0 aliphatic carbocycles. The standard InChI is InChI=1S/C18H17F3O2/c1-12(2)9-13-3-6-15(7-4-13)16-10-14(11-22)5-8-17(16)23-18(19,20)21/h3-8,10-12H,9H2,1-2H3. The molecule has 0 amide bonds. The van der Waals surface area contributed by atoms with Crippen LogP contribution in [-0.2, 0) is 6.42 Å². The third kappa shape index (κ3) is 4.84. The van der Waals surface area contributed by atoms with Crippen LogP contribution in [0.2, 0.25) is 0 Å². The minimum Gasteiger partial charge on any atom is -0.405 e. The highest BCUT2D eigenvalue weighted by atomic mass is 19.4. The number of hydrogen-bond donors (Lipinski definition) is 0. The fourth-order valence-electron chi connectivity index (χ4n) is 2.35. The lowest BCUT2D eigenvalue weighted by molar-refractivity contribution is -0.274. The molecule has 0 saturated heterocycles. The molecular weight excluding hydrogens is 305 g/mol. The molecule has 122 valence electrons. The van der Waals surface area contributed by atoms with E-state index in [0.717, 1.165) is 18.1 Å². The van der Waals surface area contributed by atoms with Crippen LogP contribution in [0.1, 0.15) is 29.8 Å². The molecule has 0 N–H and O–H groups in total. The molecule has 0 heterocycles. The van der Waals surface area contributed by atoms with Crippen LogP contribution < -0.4 is 4.74 Å². The first kappa shape index (κ1) is 17.1. The van der Waals surface area contributed by atoms with E-state index in [-0.39, 0.29) is 11.3 Å². The monoisotopic (exact) mass is 322 g/mol. The maximum absolute atomic E-state index is 12.5. The van der Waals surface area contributed by atoms with Crippen molar-refractivity contribution >= 4 is 6.29 Å². The topological polar surface area (TPSA) is 26.3 Å². The molecule has 0 spiro atoms. The van der Waals surface area contributed by atoms with E-state index in [0.29, 0.717) is 23.3 Å². The molecule has 2 aromatic rings. The highest BCUT2D eigenvalue weighted by molar-refractivity contribution is 5.81. The Morgan fingerprint density at radius 3 is 2.26 bits per heavy atom. The molecule has 0 unspecified atom stereocenters. The lowest BCUT2D eigenvalue weighted by Gasteiger charge is -2.14. The minimum atomic E-state index is -4.78. The Labute approximate surface area is 132 Å². The summed E-state index contributed by atoms with van der Waals surface area (Å²) in [5, 5.41) is 0. The number of carbonyl (C=O) groups is 1. The number of aldehydes is 1. The van der Waals surface area contributed by atoms with E-state index < -0.39 is 6.36 Å². The summed E-state index contributed by atoms with van der Waals surface area (Å²) in [6.07, 6.45) is -3.30. The molecule has 2 rings (SSSR count). The van der Waals surface area contributed by atoms with Crippen LogP contribution in [0.5, 0.6) is 5.75 Å². The lowest BCUT2D eigenvalue weighted by Crippen LogP contribution is -2.17. The third-order valence-electron chi connectivity index (χ3n) is 3.27. The van der Waals surface area contributed by atoms with Crippen molar-refractivity contribution in [2.24, 2.45) is 5.92 Å². The highest BCUT2D eigenvalue weighted by Crippen LogP contribution is 2.34. The number of carbonyl (C=O) groups excluding carboxylic acids is 1. The van der Waals surface area contributed by atoms with E-state index in [2.05, 4.69) is 18.6 Å². The molecule has 2 nitrogen and oxygen atoms in total. The first-order valence-electron chi connectivity index (χ1n) is 7.23. The Bertz CT molecular complexity index is 674.